The van der Waals surface area contributed by atoms with Gasteiger partial charge in [-0.25, -0.2) is 9.97 Å². The number of nitrogens with zero attached hydrogens (tertiary/aromatic N) is 2. The Morgan fingerprint density at radius 1 is 1.28 bits per heavy atom. The van der Waals surface area contributed by atoms with Crippen LogP contribution in [0.1, 0.15) is 5.56 Å². The maximum absolute atomic E-state index is 5.83. The minimum atomic E-state index is 0.353. The third-order valence-electron chi connectivity index (χ3n) is 2.29. The topological polar surface area (TPSA) is 61.0 Å². The molecule has 2 N–H and O–H groups in total. The Kier molecular flexibility index (Phi) is 4.28. The van der Waals surface area contributed by atoms with Crippen LogP contribution in [0.2, 0.25) is 5.02 Å². The third kappa shape index (κ3) is 3.05. The Labute approximate surface area is 115 Å². The summed E-state index contributed by atoms with van der Waals surface area (Å²) >= 11 is 7.38. The highest BCUT2D eigenvalue weighted by atomic mass is 35.5. The lowest BCUT2D eigenvalue weighted by molar-refractivity contribution is 0.401. The number of halogens is 1. The molecule has 1 aromatic heterocycles. The minimum absolute atomic E-state index is 0.353. The summed E-state index contributed by atoms with van der Waals surface area (Å²) in [5.74, 6) is 1.65. The molecule has 0 radical (unpaired) electrons. The standard InChI is InChI=1S/C12H12ClN3OS/c1-17-10-11(14)15-7-16-12(10)18-6-8-2-4-9(13)5-3-8/h2-5,7H,6H2,1H3,(H2,14,15,16). The van der Waals surface area contributed by atoms with Crippen molar-refractivity contribution in [1.82, 2.24) is 9.97 Å². The lowest BCUT2D eigenvalue weighted by Crippen LogP contribution is -1.99. The van der Waals surface area contributed by atoms with Gasteiger partial charge in [-0.3, -0.25) is 0 Å². The number of benzene rings is 1. The second-order valence-corrected chi connectivity index (χ2v) is 4.91. The summed E-state index contributed by atoms with van der Waals surface area (Å²) in [4.78, 5) is 8.05. The van der Waals surface area contributed by atoms with Crippen molar-refractivity contribution >= 4 is 29.2 Å². The highest BCUT2D eigenvalue weighted by molar-refractivity contribution is 7.98. The number of thioether (sulfide) groups is 1. The fourth-order valence-electron chi connectivity index (χ4n) is 1.40. The Balaban J connectivity index is 2.10. The lowest BCUT2D eigenvalue weighted by atomic mass is 10.2. The summed E-state index contributed by atoms with van der Waals surface area (Å²) < 4.78 is 5.19. The first-order valence-corrected chi connectivity index (χ1v) is 6.58. The van der Waals surface area contributed by atoms with Crippen molar-refractivity contribution in [1.29, 1.82) is 0 Å². The summed E-state index contributed by atoms with van der Waals surface area (Å²) in [6.45, 7) is 0. The van der Waals surface area contributed by atoms with Gasteiger partial charge in [-0.05, 0) is 17.7 Å². The number of nitrogen functional groups attached to an aromatic ring is 1. The highest BCUT2D eigenvalue weighted by Crippen LogP contribution is 2.32. The number of methoxy groups -OCH3 is 1. The van der Waals surface area contributed by atoms with E-state index >= 15 is 0 Å². The molecular weight excluding hydrogens is 270 g/mol. The number of hydrogen-bond donors (Lipinski definition) is 1. The number of nitrogens with two attached hydrogens (primary N) is 1. The van der Waals surface area contributed by atoms with Gasteiger partial charge in [0.1, 0.15) is 11.4 Å². The van der Waals surface area contributed by atoms with Crippen molar-refractivity contribution in [2.45, 2.75) is 10.8 Å². The first-order chi connectivity index (χ1) is 8.70. The van der Waals surface area contributed by atoms with Crippen molar-refractivity contribution in [3.63, 3.8) is 0 Å². The molecule has 2 rings (SSSR count). The van der Waals surface area contributed by atoms with E-state index in [1.807, 2.05) is 24.3 Å². The van der Waals surface area contributed by atoms with Crippen LogP contribution in [0, 0.1) is 0 Å². The van der Waals surface area contributed by atoms with E-state index in [0.717, 1.165) is 21.4 Å². The van der Waals surface area contributed by atoms with Gasteiger partial charge in [-0.2, -0.15) is 0 Å². The van der Waals surface area contributed by atoms with E-state index in [0.29, 0.717) is 11.6 Å². The molecule has 0 aliphatic heterocycles. The van der Waals surface area contributed by atoms with Crippen LogP contribution < -0.4 is 10.5 Å². The van der Waals surface area contributed by atoms with Crippen molar-refractivity contribution < 1.29 is 4.74 Å². The molecule has 18 heavy (non-hydrogen) atoms. The van der Waals surface area contributed by atoms with Crippen molar-refractivity contribution in [3.8, 4) is 5.75 Å². The van der Waals surface area contributed by atoms with E-state index in [-0.39, 0.29) is 0 Å². The monoisotopic (exact) mass is 281 g/mol. The summed E-state index contributed by atoms with van der Waals surface area (Å²) in [7, 11) is 1.56. The average Bonchev–Trinajstić information content (AvgIpc) is 2.38. The van der Waals surface area contributed by atoms with Gasteiger partial charge in [0, 0.05) is 10.8 Å². The molecule has 0 bridgehead atoms. The van der Waals surface area contributed by atoms with Crippen LogP contribution in [0.5, 0.6) is 5.75 Å². The molecule has 0 spiro atoms. The molecule has 0 atom stereocenters. The molecule has 0 aliphatic rings. The lowest BCUT2D eigenvalue weighted by Gasteiger charge is -2.08. The maximum atomic E-state index is 5.83. The summed E-state index contributed by atoms with van der Waals surface area (Å²) in [6.07, 6.45) is 1.43. The van der Waals surface area contributed by atoms with Crippen LogP contribution in [0.15, 0.2) is 35.6 Å². The van der Waals surface area contributed by atoms with Crippen molar-refractivity contribution in [3.05, 3.63) is 41.2 Å². The smallest absolute Gasteiger partial charge is 0.193 e. The van der Waals surface area contributed by atoms with Crippen LogP contribution in [0.25, 0.3) is 0 Å². The third-order valence-corrected chi connectivity index (χ3v) is 3.59. The van der Waals surface area contributed by atoms with Crippen LogP contribution in [-0.4, -0.2) is 17.1 Å². The zero-order valence-corrected chi connectivity index (χ0v) is 11.3. The van der Waals surface area contributed by atoms with Gasteiger partial charge in [-0.15, -0.1) is 0 Å². The SMILES string of the molecule is COc1c(N)ncnc1SCc1ccc(Cl)cc1. The van der Waals surface area contributed by atoms with Gasteiger partial charge < -0.3 is 10.5 Å². The highest BCUT2D eigenvalue weighted by Gasteiger charge is 2.10. The molecule has 6 heteroatoms. The summed E-state index contributed by atoms with van der Waals surface area (Å²) in [6, 6.07) is 7.69. The van der Waals surface area contributed by atoms with Gasteiger partial charge in [0.25, 0.3) is 0 Å². The Bertz CT molecular complexity index is 533. The summed E-state index contributed by atoms with van der Waals surface area (Å²) in [5, 5.41) is 1.47. The van der Waals surface area contributed by atoms with E-state index in [2.05, 4.69) is 9.97 Å². The van der Waals surface area contributed by atoms with Crippen LogP contribution in [-0.2, 0) is 5.75 Å². The first-order valence-electron chi connectivity index (χ1n) is 5.22. The molecule has 0 fully saturated rings. The Hall–Kier alpha value is -1.46. The fourth-order valence-corrected chi connectivity index (χ4v) is 2.46. The van der Waals surface area contributed by atoms with E-state index in [1.165, 1.54) is 6.33 Å². The van der Waals surface area contributed by atoms with Gasteiger partial charge in [-0.1, -0.05) is 35.5 Å². The molecule has 0 unspecified atom stereocenters. The second-order valence-electron chi connectivity index (χ2n) is 3.51. The zero-order valence-electron chi connectivity index (χ0n) is 9.76. The predicted molar refractivity (Wildman–Crippen MR) is 74.0 cm³/mol. The van der Waals surface area contributed by atoms with Gasteiger partial charge in [0.05, 0.1) is 7.11 Å². The van der Waals surface area contributed by atoms with Crippen LogP contribution in [0.3, 0.4) is 0 Å². The summed E-state index contributed by atoms with van der Waals surface area (Å²) in [5.41, 5.74) is 6.87. The molecule has 0 saturated carbocycles. The molecule has 1 heterocycles. The van der Waals surface area contributed by atoms with Gasteiger partial charge in [0.2, 0.25) is 0 Å². The molecule has 1 aromatic carbocycles. The Morgan fingerprint density at radius 2 is 2.00 bits per heavy atom. The van der Waals surface area contributed by atoms with E-state index < -0.39 is 0 Å². The van der Waals surface area contributed by atoms with Crippen molar-refractivity contribution in [2.24, 2.45) is 0 Å². The molecule has 0 amide bonds. The van der Waals surface area contributed by atoms with E-state index in [4.69, 9.17) is 22.1 Å². The quantitative estimate of drug-likeness (QED) is 0.689. The number of rotatable bonds is 4. The number of aromatic nitrogens is 2. The van der Waals surface area contributed by atoms with E-state index in [9.17, 15) is 0 Å². The number of ether oxygens (including phenoxy) is 1. The maximum Gasteiger partial charge on any atom is 0.193 e. The van der Waals surface area contributed by atoms with Gasteiger partial charge in [0.15, 0.2) is 11.6 Å². The predicted octanol–water partition coefficient (Wildman–Crippen LogP) is 3.01. The van der Waals surface area contributed by atoms with Crippen LogP contribution >= 0.6 is 23.4 Å². The Morgan fingerprint density at radius 3 is 2.67 bits per heavy atom. The van der Waals surface area contributed by atoms with Gasteiger partial charge >= 0.3 is 0 Å². The molecule has 0 saturated heterocycles. The number of anilines is 1. The zero-order chi connectivity index (χ0) is 13.0. The minimum Gasteiger partial charge on any atom is -0.490 e. The molecule has 2 aromatic rings. The molecule has 4 nitrogen and oxygen atoms in total. The van der Waals surface area contributed by atoms with E-state index in [1.54, 1.807) is 18.9 Å². The molecular formula is C12H12ClN3OS. The average molecular weight is 282 g/mol. The number of hydrogen-bond acceptors (Lipinski definition) is 5. The fraction of sp³-hybridized carbons (Fsp3) is 0.167. The second kappa shape index (κ2) is 5.93. The van der Waals surface area contributed by atoms with Crippen LogP contribution in [0.4, 0.5) is 5.82 Å². The molecule has 0 aliphatic carbocycles. The molecule has 94 valence electrons. The largest absolute Gasteiger partial charge is 0.490 e. The first kappa shape index (κ1) is 13.0. The van der Waals surface area contributed by atoms with Crippen molar-refractivity contribution in [2.75, 3.05) is 12.8 Å². The normalized spacial score (nSPS) is 10.3.